The van der Waals surface area contributed by atoms with E-state index in [-0.39, 0.29) is 0 Å². The third-order valence-electron chi connectivity index (χ3n) is 3.98. The van der Waals surface area contributed by atoms with Crippen LogP contribution in [-0.4, -0.2) is 28.0 Å². The zero-order chi connectivity index (χ0) is 13.6. The van der Waals surface area contributed by atoms with E-state index in [1.807, 2.05) is 36.9 Å². The van der Waals surface area contributed by atoms with Gasteiger partial charge < -0.3 is 0 Å². The van der Waals surface area contributed by atoms with Crippen LogP contribution in [0.4, 0.5) is 0 Å². The lowest BCUT2D eigenvalue weighted by atomic mass is 9.92. The number of aromatic nitrogens is 2. The highest BCUT2D eigenvalue weighted by molar-refractivity contribution is 5.10. The molecule has 3 heterocycles. The van der Waals surface area contributed by atoms with Crippen LogP contribution in [0.1, 0.15) is 24.0 Å². The Morgan fingerprint density at radius 1 is 1.05 bits per heavy atom. The van der Waals surface area contributed by atoms with Gasteiger partial charge in [0.25, 0.3) is 0 Å². The van der Waals surface area contributed by atoms with Crippen molar-refractivity contribution in [2.24, 2.45) is 5.92 Å². The van der Waals surface area contributed by atoms with Crippen LogP contribution in [0.3, 0.4) is 0 Å². The van der Waals surface area contributed by atoms with E-state index in [1.54, 1.807) is 0 Å². The van der Waals surface area contributed by atoms with E-state index in [9.17, 15) is 0 Å². The van der Waals surface area contributed by atoms with Crippen molar-refractivity contribution in [1.82, 2.24) is 14.9 Å². The van der Waals surface area contributed by atoms with Gasteiger partial charge >= 0.3 is 0 Å². The highest BCUT2D eigenvalue weighted by atomic mass is 15.1. The average molecular weight is 267 g/mol. The van der Waals surface area contributed by atoms with Gasteiger partial charge in [-0.05, 0) is 55.0 Å². The first-order valence-electron chi connectivity index (χ1n) is 7.40. The van der Waals surface area contributed by atoms with Crippen molar-refractivity contribution in [3.8, 4) is 0 Å². The van der Waals surface area contributed by atoms with Gasteiger partial charge in [-0.2, -0.15) is 0 Å². The molecule has 1 aliphatic heterocycles. The molecule has 20 heavy (non-hydrogen) atoms. The lowest BCUT2D eigenvalue weighted by Gasteiger charge is -2.32. The normalized spacial score (nSPS) is 19.9. The zero-order valence-corrected chi connectivity index (χ0v) is 11.8. The monoisotopic (exact) mass is 267 g/mol. The van der Waals surface area contributed by atoms with Crippen LogP contribution in [-0.2, 0) is 13.0 Å². The summed E-state index contributed by atoms with van der Waals surface area (Å²) in [7, 11) is 0. The molecule has 0 saturated carbocycles. The van der Waals surface area contributed by atoms with Gasteiger partial charge in [0, 0.05) is 37.9 Å². The standard InChI is InChI=1S/C17H21N3/c1-4-15(11-18-7-1)10-16-6-3-9-20(13-16)14-17-5-2-8-19-12-17/h1-2,4-5,7-8,11-12,16H,3,6,9-10,13-14H2. The summed E-state index contributed by atoms with van der Waals surface area (Å²) in [5, 5.41) is 0. The molecule has 1 aliphatic rings. The highest BCUT2D eigenvalue weighted by Crippen LogP contribution is 2.21. The summed E-state index contributed by atoms with van der Waals surface area (Å²) in [6.45, 7) is 3.42. The van der Waals surface area contributed by atoms with Gasteiger partial charge in [0.1, 0.15) is 0 Å². The molecule has 0 radical (unpaired) electrons. The SMILES string of the molecule is c1cncc(CC2CCCN(Cc3cccnc3)C2)c1. The van der Waals surface area contributed by atoms with Crippen LogP contribution >= 0.6 is 0 Å². The highest BCUT2D eigenvalue weighted by Gasteiger charge is 2.20. The van der Waals surface area contributed by atoms with E-state index < -0.39 is 0 Å². The Bertz CT molecular complexity index is 465. The molecule has 3 nitrogen and oxygen atoms in total. The number of likely N-dealkylation sites (tertiary alicyclic amines) is 1. The van der Waals surface area contributed by atoms with Crippen LogP contribution in [0.25, 0.3) is 0 Å². The molecule has 1 atom stereocenters. The maximum absolute atomic E-state index is 4.22. The Kier molecular flexibility index (Phi) is 4.38. The molecule has 0 aromatic carbocycles. The van der Waals surface area contributed by atoms with Gasteiger partial charge in [-0.25, -0.2) is 0 Å². The van der Waals surface area contributed by atoms with Crippen LogP contribution < -0.4 is 0 Å². The van der Waals surface area contributed by atoms with E-state index in [2.05, 4.69) is 27.0 Å². The van der Waals surface area contributed by atoms with E-state index in [0.717, 1.165) is 18.9 Å². The third-order valence-corrected chi connectivity index (χ3v) is 3.98. The summed E-state index contributed by atoms with van der Waals surface area (Å²) >= 11 is 0. The second kappa shape index (κ2) is 6.62. The molecule has 0 aliphatic carbocycles. The molecular formula is C17H21N3. The number of pyridine rings is 2. The van der Waals surface area contributed by atoms with Crippen molar-refractivity contribution < 1.29 is 0 Å². The lowest BCUT2D eigenvalue weighted by Crippen LogP contribution is -2.35. The Morgan fingerprint density at radius 3 is 2.50 bits per heavy atom. The minimum atomic E-state index is 0.754. The number of piperidine rings is 1. The van der Waals surface area contributed by atoms with E-state index in [0.29, 0.717) is 0 Å². The minimum Gasteiger partial charge on any atom is -0.299 e. The van der Waals surface area contributed by atoms with Crippen molar-refractivity contribution in [2.45, 2.75) is 25.8 Å². The van der Waals surface area contributed by atoms with Crippen molar-refractivity contribution in [3.05, 3.63) is 60.2 Å². The summed E-state index contributed by atoms with van der Waals surface area (Å²) in [6.07, 6.45) is 11.4. The first kappa shape index (κ1) is 13.3. The number of hydrogen-bond acceptors (Lipinski definition) is 3. The first-order valence-corrected chi connectivity index (χ1v) is 7.40. The van der Waals surface area contributed by atoms with Crippen LogP contribution in [0, 0.1) is 5.92 Å². The average Bonchev–Trinajstić information content (AvgIpc) is 2.50. The summed E-state index contributed by atoms with van der Waals surface area (Å²) in [4.78, 5) is 11.0. The molecule has 104 valence electrons. The topological polar surface area (TPSA) is 29.0 Å². The van der Waals surface area contributed by atoms with Gasteiger partial charge in [-0.1, -0.05) is 12.1 Å². The molecule has 1 unspecified atom stereocenters. The molecule has 2 aromatic rings. The Labute approximate surface area is 120 Å². The minimum absolute atomic E-state index is 0.754. The molecule has 1 fully saturated rings. The van der Waals surface area contributed by atoms with Crippen molar-refractivity contribution >= 4 is 0 Å². The summed E-state index contributed by atoms with van der Waals surface area (Å²) < 4.78 is 0. The second-order valence-electron chi connectivity index (χ2n) is 5.67. The molecule has 0 spiro atoms. The van der Waals surface area contributed by atoms with Crippen LogP contribution in [0.15, 0.2) is 49.1 Å². The van der Waals surface area contributed by atoms with Crippen LogP contribution in [0.5, 0.6) is 0 Å². The fourth-order valence-corrected chi connectivity index (χ4v) is 3.06. The van der Waals surface area contributed by atoms with Crippen LogP contribution in [0.2, 0.25) is 0 Å². The van der Waals surface area contributed by atoms with Gasteiger partial charge in [0.05, 0.1) is 0 Å². The fraction of sp³-hybridized carbons (Fsp3) is 0.412. The third kappa shape index (κ3) is 3.64. The molecular weight excluding hydrogens is 246 g/mol. The Balaban J connectivity index is 1.57. The second-order valence-corrected chi connectivity index (χ2v) is 5.67. The fourth-order valence-electron chi connectivity index (χ4n) is 3.06. The smallest absolute Gasteiger partial charge is 0.0312 e. The molecule has 1 saturated heterocycles. The maximum Gasteiger partial charge on any atom is 0.0312 e. The van der Waals surface area contributed by atoms with Gasteiger partial charge in [-0.3, -0.25) is 14.9 Å². The lowest BCUT2D eigenvalue weighted by molar-refractivity contribution is 0.167. The molecule has 3 heteroatoms. The molecule has 0 N–H and O–H groups in total. The number of hydrogen-bond donors (Lipinski definition) is 0. The largest absolute Gasteiger partial charge is 0.299 e. The Hall–Kier alpha value is -1.74. The van der Waals surface area contributed by atoms with Gasteiger partial charge in [0.2, 0.25) is 0 Å². The molecule has 0 bridgehead atoms. The Morgan fingerprint density at radius 2 is 1.80 bits per heavy atom. The summed E-state index contributed by atoms with van der Waals surface area (Å²) in [5.41, 5.74) is 2.68. The molecule has 2 aromatic heterocycles. The van der Waals surface area contributed by atoms with Crippen molar-refractivity contribution in [1.29, 1.82) is 0 Å². The quantitative estimate of drug-likeness (QED) is 0.853. The van der Waals surface area contributed by atoms with Gasteiger partial charge in [0.15, 0.2) is 0 Å². The zero-order valence-electron chi connectivity index (χ0n) is 11.8. The van der Waals surface area contributed by atoms with Crippen molar-refractivity contribution in [2.75, 3.05) is 13.1 Å². The predicted molar refractivity (Wildman–Crippen MR) is 80.2 cm³/mol. The molecule has 3 rings (SSSR count). The van der Waals surface area contributed by atoms with Gasteiger partial charge in [-0.15, -0.1) is 0 Å². The van der Waals surface area contributed by atoms with E-state index in [4.69, 9.17) is 0 Å². The first-order chi connectivity index (χ1) is 9.90. The van der Waals surface area contributed by atoms with E-state index in [1.165, 1.54) is 37.1 Å². The van der Waals surface area contributed by atoms with Crippen molar-refractivity contribution in [3.63, 3.8) is 0 Å². The number of nitrogens with zero attached hydrogens (tertiary/aromatic N) is 3. The van der Waals surface area contributed by atoms with E-state index >= 15 is 0 Å². The molecule has 0 amide bonds. The summed E-state index contributed by atoms with van der Waals surface area (Å²) in [6, 6.07) is 8.41. The predicted octanol–water partition coefficient (Wildman–Crippen LogP) is 2.93. The summed E-state index contributed by atoms with van der Waals surface area (Å²) in [5.74, 6) is 0.754. The maximum atomic E-state index is 4.22. The number of rotatable bonds is 4.